The van der Waals surface area contributed by atoms with E-state index in [0.717, 1.165) is 26.0 Å². The van der Waals surface area contributed by atoms with Crippen molar-refractivity contribution < 1.29 is 24.4 Å². The SMILES string of the molecule is COc1ccc(N2C(=O)C[C@@H]([NH2+]C[C@H]3CCCO3)C2=O)cc1. The number of hydrogen-bond acceptors (Lipinski definition) is 4. The number of rotatable bonds is 5. The Hall–Kier alpha value is -1.92. The largest absolute Gasteiger partial charge is 0.497 e. The number of ether oxygens (including phenoxy) is 2. The van der Waals surface area contributed by atoms with Gasteiger partial charge in [0, 0.05) is 6.61 Å². The van der Waals surface area contributed by atoms with Gasteiger partial charge in [0.15, 0.2) is 6.04 Å². The van der Waals surface area contributed by atoms with Crippen molar-refractivity contribution in [3.63, 3.8) is 0 Å². The number of methoxy groups -OCH3 is 1. The van der Waals surface area contributed by atoms with Crippen molar-refractivity contribution in [1.82, 2.24) is 0 Å². The lowest BCUT2D eigenvalue weighted by atomic mass is 10.2. The highest BCUT2D eigenvalue weighted by Crippen LogP contribution is 2.24. The molecule has 1 aromatic rings. The van der Waals surface area contributed by atoms with E-state index >= 15 is 0 Å². The highest BCUT2D eigenvalue weighted by atomic mass is 16.5. The maximum absolute atomic E-state index is 12.5. The molecule has 0 aliphatic carbocycles. The monoisotopic (exact) mass is 305 g/mol. The Morgan fingerprint density at radius 2 is 2.09 bits per heavy atom. The van der Waals surface area contributed by atoms with Gasteiger partial charge in [0.2, 0.25) is 5.91 Å². The predicted molar refractivity (Wildman–Crippen MR) is 79.7 cm³/mol. The number of carbonyl (C=O) groups is 2. The van der Waals surface area contributed by atoms with Crippen molar-refractivity contribution in [2.45, 2.75) is 31.4 Å². The number of nitrogens with zero attached hydrogens (tertiary/aromatic N) is 1. The smallest absolute Gasteiger partial charge is 0.292 e. The molecule has 22 heavy (non-hydrogen) atoms. The van der Waals surface area contributed by atoms with Crippen LogP contribution in [0.1, 0.15) is 19.3 Å². The molecule has 0 spiro atoms. The van der Waals surface area contributed by atoms with E-state index < -0.39 is 0 Å². The van der Waals surface area contributed by atoms with E-state index in [1.54, 1.807) is 31.4 Å². The Morgan fingerprint density at radius 1 is 1.32 bits per heavy atom. The predicted octanol–water partition coefficient (Wildman–Crippen LogP) is 0.0695. The molecule has 2 aliphatic rings. The first kappa shape index (κ1) is 15.0. The lowest BCUT2D eigenvalue weighted by Crippen LogP contribution is -2.93. The van der Waals surface area contributed by atoms with Crippen LogP contribution in [0.25, 0.3) is 0 Å². The highest BCUT2D eigenvalue weighted by molar-refractivity contribution is 6.21. The van der Waals surface area contributed by atoms with E-state index in [4.69, 9.17) is 9.47 Å². The van der Waals surface area contributed by atoms with Gasteiger partial charge in [0.05, 0.1) is 19.2 Å². The van der Waals surface area contributed by atoms with E-state index in [-0.39, 0.29) is 30.4 Å². The molecular weight excluding hydrogens is 284 g/mol. The molecular formula is C16H21N2O4+. The topological polar surface area (TPSA) is 72.4 Å². The first-order chi connectivity index (χ1) is 10.7. The first-order valence-electron chi connectivity index (χ1n) is 7.65. The van der Waals surface area contributed by atoms with Crippen molar-refractivity contribution in [1.29, 1.82) is 0 Å². The minimum Gasteiger partial charge on any atom is -0.497 e. The zero-order chi connectivity index (χ0) is 15.5. The van der Waals surface area contributed by atoms with Crippen LogP contribution in [0.3, 0.4) is 0 Å². The van der Waals surface area contributed by atoms with E-state index in [1.807, 2.05) is 5.32 Å². The Balaban J connectivity index is 1.65. The van der Waals surface area contributed by atoms with E-state index in [1.165, 1.54) is 4.90 Å². The zero-order valence-electron chi connectivity index (χ0n) is 12.7. The number of hydrogen-bond donors (Lipinski definition) is 1. The Bertz CT molecular complexity index is 552. The molecule has 2 heterocycles. The molecule has 118 valence electrons. The first-order valence-corrected chi connectivity index (χ1v) is 7.65. The average Bonchev–Trinajstić information content (AvgIpc) is 3.14. The third-order valence-corrected chi connectivity index (χ3v) is 4.22. The molecule has 6 heteroatoms. The fourth-order valence-corrected chi connectivity index (χ4v) is 2.99. The van der Waals surface area contributed by atoms with Gasteiger partial charge in [-0.05, 0) is 37.1 Å². The molecule has 2 amide bonds. The van der Waals surface area contributed by atoms with E-state index in [2.05, 4.69) is 0 Å². The molecule has 0 bridgehead atoms. The summed E-state index contributed by atoms with van der Waals surface area (Å²) in [7, 11) is 1.58. The van der Waals surface area contributed by atoms with Gasteiger partial charge in [0.1, 0.15) is 18.4 Å². The minimum absolute atomic E-state index is 0.145. The van der Waals surface area contributed by atoms with E-state index in [0.29, 0.717) is 11.4 Å². The van der Waals surface area contributed by atoms with Crippen LogP contribution in [0.2, 0.25) is 0 Å². The Kier molecular flexibility index (Phi) is 4.40. The van der Waals surface area contributed by atoms with Gasteiger partial charge in [-0.1, -0.05) is 0 Å². The second-order valence-electron chi connectivity index (χ2n) is 5.68. The molecule has 2 fully saturated rings. The normalized spacial score (nSPS) is 25.0. The van der Waals surface area contributed by atoms with Gasteiger partial charge in [-0.15, -0.1) is 0 Å². The quantitative estimate of drug-likeness (QED) is 0.781. The third kappa shape index (κ3) is 2.98. The minimum atomic E-state index is -0.334. The maximum atomic E-state index is 12.5. The summed E-state index contributed by atoms with van der Waals surface area (Å²) in [5.74, 6) is 0.404. The van der Waals surface area contributed by atoms with Crippen molar-refractivity contribution >= 4 is 17.5 Å². The fourth-order valence-electron chi connectivity index (χ4n) is 2.99. The van der Waals surface area contributed by atoms with Crippen LogP contribution in [-0.2, 0) is 14.3 Å². The number of amides is 2. The van der Waals surface area contributed by atoms with Crippen LogP contribution in [0.4, 0.5) is 5.69 Å². The average molecular weight is 305 g/mol. The fraction of sp³-hybridized carbons (Fsp3) is 0.500. The molecule has 2 atom stereocenters. The summed E-state index contributed by atoms with van der Waals surface area (Å²) >= 11 is 0. The maximum Gasteiger partial charge on any atom is 0.292 e. The Labute approximate surface area is 129 Å². The summed E-state index contributed by atoms with van der Waals surface area (Å²) in [5, 5.41) is 1.94. The second kappa shape index (κ2) is 6.46. The lowest BCUT2D eigenvalue weighted by Gasteiger charge is -2.15. The second-order valence-corrected chi connectivity index (χ2v) is 5.68. The summed E-state index contributed by atoms with van der Waals surface area (Å²) in [6.45, 7) is 1.54. The van der Waals surface area contributed by atoms with Gasteiger partial charge in [0.25, 0.3) is 5.91 Å². The van der Waals surface area contributed by atoms with Gasteiger partial charge >= 0.3 is 0 Å². The molecule has 2 aliphatic heterocycles. The molecule has 3 rings (SSSR count). The molecule has 0 unspecified atom stereocenters. The summed E-state index contributed by atoms with van der Waals surface area (Å²) in [6.07, 6.45) is 2.57. The molecule has 0 saturated carbocycles. The summed E-state index contributed by atoms with van der Waals surface area (Å²) in [4.78, 5) is 25.9. The van der Waals surface area contributed by atoms with Crippen LogP contribution in [0.15, 0.2) is 24.3 Å². The number of benzene rings is 1. The van der Waals surface area contributed by atoms with Crippen molar-refractivity contribution in [3.8, 4) is 5.75 Å². The van der Waals surface area contributed by atoms with Crippen LogP contribution >= 0.6 is 0 Å². The zero-order valence-corrected chi connectivity index (χ0v) is 12.7. The summed E-state index contributed by atoms with van der Waals surface area (Å²) in [6, 6.07) is 6.63. The number of carbonyl (C=O) groups excluding carboxylic acids is 2. The molecule has 1 aromatic carbocycles. The van der Waals surface area contributed by atoms with Crippen LogP contribution < -0.4 is 15.0 Å². The van der Waals surface area contributed by atoms with Gasteiger partial charge in [-0.25, -0.2) is 4.90 Å². The summed E-state index contributed by atoms with van der Waals surface area (Å²) < 4.78 is 10.7. The summed E-state index contributed by atoms with van der Waals surface area (Å²) in [5.41, 5.74) is 0.601. The van der Waals surface area contributed by atoms with Crippen molar-refractivity contribution in [2.24, 2.45) is 0 Å². The Morgan fingerprint density at radius 3 is 2.73 bits per heavy atom. The molecule has 2 N–H and O–H groups in total. The molecule has 2 saturated heterocycles. The molecule has 0 radical (unpaired) electrons. The van der Waals surface area contributed by atoms with Crippen molar-refractivity contribution in [3.05, 3.63) is 24.3 Å². The van der Waals surface area contributed by atoms with Gasteiger partial charge in [-0.2, -0.15) is 0 Å². The van der Waals surface area contributed by atoms with Crippen molar-refractivity contribution in [2.75, 3.05) is 25.2 Å². The van der Waals surface area contributed by atoms with E-state index in [9.17, 15) is 9.59 Å². The number of anilines is 1. The third-order valence-electron chi connectivity index (χ3n) is 4.22. The van der Waals surface area contributed by atoms with Gasteiger partial charge < -0.3 is 14.8 Å². The van der Waals surface area contributed by atoms with Gasteiger partial charge in [-0.3, -0.25) is 9.59 Å². The number of imide groups is 1. The van der Waals surface area contributed by atoms with Crippen LogP contribution in [0.5, 0.6) is 5.75 Å². The molecule has 6 nitrogen and oxygen atoms in total. The number of nitrogens with two attached hydrogens (primary N) is 1. The molecule has 0 aromatic heterocycles. The highest BCUT2D eigenvalue weighted by Gasteiger charge is 2.42. The number of quaternary nitrogens is 1. The standard InChI is InChI=1S/C16H20N2O4/c1-21-12-6-4-11(5-7-12)18-15(19)9-14(16(18)20)17-10-13-3-2-8-22-13/h4-7,13-14,17H,2-3,8-10H2,1H3/p+1/t13-,14-/m1/s1. The van der Waals surface area contributed by atoms with Crippen LogP contribution in [-0.4, -0.2) is 44.2 Å². The lowest BCUT2D eigenvalue weighted by molar-refractivity contribution is -0.680. The van der Waals surface area contributed by atoms with Crippen LogP contribution in [0, 0.1) is 0 Å².